The molecule has 1 amide bonds. The quantitative estimate of drug-likeness (QED) is 0.705. The highest BCUT2D eigenvalue weighted by Gasteiger charge is 2.11. The summed E-state index contributed by atoms with van der Waals surface area (Å²) in [7, 11) is 0. The van der Waals surface area contributed by atoms with E-state index in [2.05, 4.69) is 22.7 Å². The minimum absolute atomic E-state index is 0.0265. The molecule has 1 aromatic heterocycles. The Labute approximate surface area is 102 Å². The summed E-state index contributed by atoms with van der Waals surface area (Å²) in [5.41, 5.74) is 0.815. The molecule has 96 valence electrons. The van der Waals surface area contributed by atoms with Crippen molar-refractivity contribution in [2.75, 3.05) is 6.54 Å². The molecule has 0 radical (unpaired) electrons. The molecule has 5 nitrogen and oxygen atoms in total. The van der Waals surface area contributed by atoms with Crippen molar-refractivity contribution < 1.29 is 9.32 Å². The van der Waals surface area contributed by atoms with E-state index in [1.54, 1.807) is 0 Å². The second kappa shape index (κ2) is 7.06. The monoisotopic (exact) mass is 239 g/mol. The van der Waals surface area contributed by atoms with E-state index in [1.807, 2.05) is 19.9 Å². The predicted molar refractivity (Wildman–Crippen MR) is 65.5 cm³/mol. The van der Waals surface area contributed by atoms with Crippen LogP contribution in [0.3, 0.4) is 0 Å². The van der Waals surface area contributed by atoms with Crippen molar-refractivity contribution in [1.29, 1.82) is 0 Å². The van der Waals surface area contributed by atoms with Gasteiger partial charge in [-0.25, -0.2) is 0 Å². The lowest BCUT2D eigenvalue weighted by Crippen LogP contribution is -2.42. The number of unbranched alkanes of at least 4 members (excludes halogenated alkanes) is 1. The summed E-state index contributed by atoms with van der Waals surface area (Å²) in [6.45, 7) is 7.07. The van der Waals surface area contributed by atoms with Gasteiger partial charge in [0.25, 0.3) is 0 Å². The lowest BCUT2D eigenvalue weighted by molar-refractivity contribution is -0.122. The Morgan fingerprint density at radius 1 is 1.59 bits per heavy atom. The average molecular weight is 239 g/mol. The highest BCUT2D eigenvalue weighted by atomic mass is 16.5. The van der Waals surface area contributed by atoms with Gasteiger partial charge >= 0.3 is 0 Å². The van der Waals surface area contributed by atoms with Gasteiger partial charge in [-0.2, -0.15) is 0 Å². The maximum atomic E-state index is 11.6. The minimum Gasteiger partial charge on any atom is -0.361 e. The lowest BCUT2D eigenvalue weighted by atomic mass is 10.2. The van der Waals surface area contributed by atoms with Crippen molar-refractivity contribution in [3.63, 3.8) is 0 Å². The standard InChI is InChI=1S/C12H21N3O2/c1-4-5-6-13-12(16)10(3)14-8-11-7-9(2)17-15-11/h7,10,14H,4-6,8H2,1-3H3,(H,13,16). The molecule has 0 saturated carbocycles. The number of aromatic nitrogens is 1. The van der Waals surface area contributed by atoms with Gasteiger partial charge in [0.05, 0.1) is 11.7 Å². The maximum Gasteiger partial charge on any atom is 0.236 e. The van der Waals surface area contributed by atoms with Crippen LogP contribution in [-0.2, 0) is 11.3 Å². The number of nitrogens with one attached hydrogen (secondary N) is 2. The molecule has 0 fully saturated rings. The smallest absolute Gasteiger partial charge is 0.236 e. The molecular weight excluding hydrogens is 218 g/mol. The van der Waals surface area contributed by atoms with Crippen molar-refractivity contribution in [3.8, 4) is 0 Å². The van der Waals surface area contributed by atoms with Crippen LogP contribution in [0.15, 0.2) is 10.6 Å². The molecule has 1 atom stereocenters. The SMILES string of the molecule is CCCCNC(=O)C(C)NCc1cc(C)on1. The number of hydrogen-bond acceptors (Lipinski definition) is 4. The van der Waals surface area contributed by atoms with Crippen molar-refractivity contribution in [1.82, 2.24) is 15.8 Å². The number of aryl methyl sites for hydroxylation is 1. The Morgan fingerprint density at radius 2 is 2.35 bits per heavy atom. The van der Waals surface area contributed by atoms with Gasteiger partial charge in [0.1, 0.15) is 5.76 Å². The molecule has 0 aromatic carbocycles. The molecule has 0 aliphatic carbocycles. The number of carbonyl (C=O) groups is 1. The molecular formula is C12H21N3O2. The van der Waals surface area contributed by atoms with Crippen molar-refractivity contribution in [3.05, 3.63) is 17.5 Å². The van der Waals surface area contributed by atoms with Crippen molar-refractivity contribution >= 4 is 5.91 Å². The first-order chi connectivity index (χ1) is 8.13. The molecule has 1 unspecified atom stereocenters. The minimum atomic E-state index is -0.219. The van der Waals surface area contributed by atoms with Gasteiger partial charge < -0.3 is 15.2 Å². The Bertz CT molecular complexity index is 349. The third-order valence-corrected chi connectivity index (χ3v) is 2.49. The third-order valence-electron chi connectivity index (χ3n) is 2.49. The van der Waals surface area contributed by atoms with E-state index in [9.17, 15) is 4.79 Å². The van der Waals surface area contributed by atoms with Crippen LogP contribution >= 0.6 is 0 Å². The van der Waals surface area contributed by atoms with Crippen LogP contribution in [0.5, 0.6) is 0 Å². The molecule has 5 heteroatoms. The van der Waals surface area contributed by atoms with E-state index in [1.165, 1.54) is 0 Å². The van der Waals surface area contributed by atoms with Gasteiger partial charge in [0, 0.05) is 19.2 Å². The zero-order valence-corrected chi connectivity index (χ0v) is 10.7. The van der Waals surface area contributed by atoms with Gasteiger partial charge in [-0.1, -0.05) is 18.5 Å². The zero-order chi connectivity index (χ0) is 12.7. The van der Waals surface area contributed by atoms with Gasteiger partial charge in [-0.15, -0.1) is 0 Å². The highest BCUT2D eigenvalue weighted by molar-refractivity contribution is 5.81. The highest BCUT2D eigenvalue weighted by Crippen LogP contribution is 2.01. The van der Waals surface area contributed by atoms with E-state index in [0.29, 0.717) is 6.54 Å². The van der Waals surface area contributed by atoms with E-state index < -0.39 is 0 Å². The third kappa shape index (κ3) is 4.99. The summed E-state index contributed by atoms with van der Waals surface area (Å²) in [6.07, 6.45) is 2.10. The van der Waals surface area contributed by atoms with Crippen LogP contribution in [0.2, 0.25) is 0 Å². The molecule has 17 heavy (non-hydrogen) atoms. The zero-order valence-electron chi connectivity index (χ0n) is 10.7. The summed E-state index contributed by atoms with van der Waals surface area (Å²) < 4.78 is 4.95. The number of rotatable bonds is 7. The topological polar surface area (TPSA) is 67.2 Å². The van der Waals surface area contributed by atoms with Crippen molar-refractivity contribution in [2.45, 2.75) is 46.2 Å². The number of carbonyl (C=O) groups excluding carboxylic acids is 1. The molecule has 0 spiro atoms. The van der Waals surface area contributed by atoms with E-state index in [0.717, 1.165) is 30.8 Å². The second-order valence-electron chi connectivity index (χ2n) is 4.18. The first-order valence-electron chi connectivity index (χ1n) is 6.06. The fourth-order valence-electron chi connectivity index (χ4n) is 1.39. The molecule has 2 N–H and O–H groups in total. The Kier molecular flexibility index (Phi) is 5.69. The fourth-order valence-corrected chi connectivity index (χ4v) is 1.39. The summed E-state index contributed by atoms with van der Waals surface area (Å²) in [5, 5.41) is 9.84. The Hall–Kier alpha value is -1.36. The summed E-state index contributed by atoms with van der Waals surface area (Å²) in [6, 6.07) is 1.64. The first-order valence-corrected chi connectivity index (χ1v) is 6.06. The number of nitrogens with zero attached hydrogens (tertiary/aromatic N) is 1. The molecule has 0 bridgehead atoms. The van der Waals surface area contributed by atoms with Crippen LogP contribution in [-0.4, -0.2) is 23.7 Å². The molecule has 1 rings (SSSR count). The van der Waals surface area contributed by atoms with Crippen molar-refractivity contribution in [2.24, 2.45) is 0 Å². The van der Waals surface area contributed by atoms with Crippen LogP contribution < -0.4 is 10.6 Å². The van der Waals surface area contributed by atoms with Crippen LogP contribution in [0.4, 0.5) is 0 Å². The second-order valence-corrected chi connectivity index (χ2v) is 4.18. The van der Waals surface area contributed by atoms with E-state index in [4.69, 9.17) is 4.52 Å². The maximum absolute atomic E-state index is 11.6. The Morgan fingerprint density at radius 3 is 2.94 bits per heavy atom. The normalized spacial score (nSPS) is 12.4. The van der Waals surface area contributed by atoms with Gasteiger partial charge in [0.15, 0.2) is 0 Å². The van der Waals surface area contributed by atoms with E-state index in [-0.39, 0.29) is 11.9 Å². The molecule has 0 saturated heterocycles. The number of hydrogen-bond donors (Lipinski definition) is 2. The van der Waals surface area contributed by atoms with Gasteiger partial charge in [-0.05, 0) is 20.3 Å². The molecule has 1 aromatic rings. The largest absolute Gasteiger partial charge is 0.361 e. The predicted octanol–water partition coefficient (Wildman–Crippen LogP) is 1.38. The average Bonchev–Trinajstić information content (AvgIpc) is 2.72. The lowest BCUT2D eigenvalue weighted by Gasteiger charge is -2.12. The van der Waals surface area contributed by atoms with Gasteiger partial charge in [-0.3, -0.25) is 4.79 Å². The van der Waals surface area contributed by atoms with Crippen LogP contribution in [0, 0.1) is 6.92 Å². The van der Waals surface area contributed by atoms with Gasteiger partial charge in [0.2, 0.25) is 5.91 Å². The summed E-state index contributed by atoms with van der Waals surface area (Å²) in [5.74, 6) is 0.806. The first kappa shape index (κ1) is 13.7. The summed E-state index contributed by atoms with van der Waals surface area (Å²) in [4.78, 5) is 11.6. The van der Waals surface area contributed by atoms with E-state index >= 15 is 0 Å². The molecule has 1 heterocycles. The number of amides is 1. The van der Waals surface area contributed by atoms with Crippen LogP contribution in [0.1, 0.15) is 38.1 Å². The van der Waals surface area contributed by atoms with Crippen LogP contribution in [0.25, 0.3) is 0 Å². The molecule has 0 aliphatic heterocycles. The fraction of sp³-hybridized carbons (Fsp3) is 0.667. The Balaban J connectivity index is 2.24. The summed E-state index contributed by atoms with van der Waals surface area (Å²) >= 11 is 0. The molecule has 0 aliphatic rings.